The molecule has 2 aromatic rings. The summed E-state index contributed by atoms with van der Waals surface area (Å²) < 4.78 is 5.39. The van der Waals surface area contributed by atoms with E-state index in [9.17, 15) is 24.9 Å². The first kappa shape index (κ1) is 35.4. The third kappa shape index (κ3) is 8.65. The number of nitrogens with zero attached hydrogens (tertiary/aromatic N) is 1. The monoisotopic (exact) mass is 671 g/mol. The van der Waals surface area contributed by atoms with Gasteiger partial charge in [0, 0.05) is 37.4 Å². The summed E-state index contributed by atoms with van der Waals surface area (Å²) in [7, 11) is 1.50. The van der Waals surface area contributed by atoms with Crippen LogP contribution in [0.1, 0.15) is 99.7 Å². The number of nitrogen functional groups attached to an aromatic ring is 1. The molecule has 0 bridgehead atoms. The summed E-state index contributed by atoms with van der Waals surface area (Å²) in [5.74, 6) is 9.00. The maximum absolute atomic E-state index is 13.6. The maximum atomic E-state index is 13.6. The zero-order chi connectivity index (χ0) is 34.5. The molecule has 264 valence electrons. The van der Waals surface area contributed by atoms with E-state index < -0.39 is 18.1 Å². The summed E-state index contributed by atoms with van der Waals surface area (Å²) >= 11 is 0. The molecule has 3 fully saturated rings. The van der Waals surface area contributed by atoms with Gasteiger partial charge < -0.3 is 31.1 Å². The number of aliphatic hydroxyl groups is 2. The van der Waals surface area contributed by atoms with Gasteiger partial charge in [0.1, 0.15) is 17.5 Å². The number of carbonyl (C=O) groups excluding carboxylic acids is 2. The van der Waals surface area contributed by atoms with Crippen LogP contribution in [-0.2, 0) is 22.4 Å². The van der Waals surface area contributed by atoms with Crippen molar-refractivity contribution < 1.29 is 29.6 Å². The highest BCUT2D eigenvalue weighted by Crippen LogP contribution is 2.46. The number of aliphatic hydroxyl groups excluding tert-OH is 2. The molecule has 9 heteroatoms. The van der Waals surface area contributed by atoms with E-state index in [0.717, 1.165) is 55.3 Å². The lowest BCUT2D eigenvalue weighted by atomic mass is 9.61. The van der Waals surface area contributed by atoms with Crippen LogP contribution >= 0.6 is 0 Å². The fourth-order valence-corrected chi connectivity index (χ4v) is 9.20. The van der Waals surface area contributed by atoms with Gasteiger partial charge in [-0.3, -0.25) is 9.59 Å². The predicted molar refractivity (Wildman–Crippen MR) is 188 cm³/mol. The van der Waals surface area contributed by atoms with Gasteiger partial charge >= 0.3 is 0 Å². The third-order valence-electron chi connectivity index (χ3n) is 11.9. The topological polar surface area (TPSA) is 155 Å². The maximum Gasteiger partial charge on any atom is 0.160 e. The van der Waals surface area contributed by atoms with Crippen LogP contribution in [0.4, 0.5) is 5.82 Å². The molecule has 3 aliphatic carbocycles. The first-order chi connectivity index (χ1) is 23.7. The van der Waals surface area contributed by atoms with Gasteiger partial charge in [-0.1, -0.05) is 18.3 Å². The summed E-state index contributed by atoms with van der Waals surface area (Å²) in [6.07, 6.45) is 10.5. The molecule has 4 aliphatic rings. The number of phenolic OH excluding ortho intramolecular Hbond substituents is 1. The van der Waals surface area contributed by atoms with Crippen LogP contribution < -0.4 is 15.8 Å². The van der Waals surface area contributed by atoms with E-state index >= 15 is 0 Å². The van der Waals surface area contributed by atoms with Crippen molar-refractivity contribution in [1.82, 2.24) is 10.3 Å². The number of nitrogens with two attached hydrogens (primary N) is 1. The third-order valence-corrected chi connectivity index (χ3v) is 11.9. The number of pyridine rings is 1. The minimum absolute atomic E-state index is 0.0152. The number of hydrogen-bond donors (Lipinski definition) is 5. The second-order valence-corrected chi connectivity index (χ2v) is 15.1. The van der Waals surface area contributed by atoms with Gasteiger partial charge in [-0.25, -0.2) is 4.98 Å². The molecule has 2 heterocycles. The summed E-state index contributed by atoms with van der Waals surface area (Å²) in [5.41, 5.74) is 8.56. The summed E-state index contributed by atoms with van der Waals surface area (Å²) in [5, 5.41) is 36.8. The highest BCUT2D eigenvalue weighted by Gasteiger charge is 2.44. The van der Waals surface area contributed by atoms with E-state index in [0.29, 0.717) is 92.0 Å². The fraction of sp³-hybridized carbons (Fsp3) is 0.625. The number of hydrogen-bond acceptors (Lipinski definition) is 9. The molecule has 49 heavy (non-hydrogen) atoms. The molecule has 9 atom stereocenters. The largest absolute Gasteiger partial charge is 0.504 e. The SMILES string of the molecule is COc1cc2c(cc1O)[C@H](CC[C@H](O)CCc1ccnc(N)c1)C#C[C@H]([C@H](O)CC[C@H]1CC[C@H]3[C@H](CN[C@@H]4CC(=O)CC[C@H]34)C1)C(=O)CC2. The number of fused-ring (bicyclic) bond motifs is 4. The number of aryl methyl sites for hydroxylation is 2. The number of carbonyl (C=O) groups is 2. The van der Waals surface area contributed by atoms with Crippen LogP contribution in [0.2, 0.25) is 0 Å². The van der Waals surface area contributed by atoms with Crippen molar-refractivity contribution >= 4 is 17.4 Å². The Labute approximate surface area is 290 Å². The van der Waals surface area contributed by atoms with Crippen LogP contribution in [-0.4, -0.2) is 63.8 Å². The van der Waals surface area contributed by atoms with Crippen LogP contribution in [0.3, 0.4) is 0 Å². The van der Waals surface area contributed by atoms with E-state index in [1.54, 1.807) is 18.3 Å². The van der Waals surface area contributed by atoms with Crippen LogP contribution in [0.15, 0.2) is 30.5 Å². The molecule has 1 aromatic heterocycles. The lowest BCUT2D eigenvalue weighted by molar-refractivity contribution is -0.124. The molecule has 0 amide bonds. The number of aromatic hydroxyl groups is 1. The average Bonchev–Trinajstić information content (AvgIpc) is 3.16. The van der Waals surface area contributed by atoms with Crippen LogP contribution in [0.5, 0.6) is 11.5 Å². The number of aromatic nitrogens is 1. The number of piperidine rings is 1. The minimum atomic E-state index is -0.848. The Kier molecular flexibility index (Phi) is 11.6. The second kappa shape index (κ2) is 16.1. The van der Waals surface area contributed by atoms with Crippen molar-refractivity contribution in [3.63, 3.8) is 0 Å². The Bertz CT molecular complexity index is 1550. The number of methoxy groups -OCH3 is 1. The molecule has 2 saturated carbocycles. The Balaban J connectivity index is 1.10. The van der Waals surface area contributed by atoms with Gasteiger partial charge in [0.25, 0.3) is 0 Å². The molecule has 1 aliphatic heterocycles. The molecule has 1 saturated heterocycles. The molecular formula is C40H53N3O6. The average molecular weight is 672 g/mol. The Morgan fingerprint density at radius 1 is 1.02 bits per heavy atom. The number of benzene rings is 1. The summed E-state index contributed by atoms with van der Waals surface area (Å²) in [6.45, 7) is 0.972. The number of nitrogens with one attached hydrogen (secondary N) is 1. The lowest BCUT2D eigenvalue weighted by Crippen LogP contribution is -2.54. The Morgan fingerprint density at radius 3 is 2.69 bits per heavy atom. The highest BCUT2D eigenvalue weighted by molar-refractivity contribution is 5.85. The van der Waals surface area contributed by atoms with Crippen molar-refractivity contribution in [2.75, 3.05) is 19.4 Å². The number of ether oxygens (including phenoxy) is 1. The van der Waals surface area contributed by atoms with Crippen molar-refractivity contribution in [2.45, 2.75) is 114 Å². The molecule has 6 N–H and O–H groups in total. The summed E-state index contributed by atoms with van der Waals surface area (Å²) in [4.78, 5) is 29.6. The molecule has 6 rings (SSSR count). The zero-order valence-electron chi connectivity index (χ0n) is 28.8. The van der Waals surface area contributed by atoms with Gasteiger partial charge in [0.2, 0.25) is 0 Å². The molecule has 0 unspecified atom stereocenters. The van der Waals surface area contributed by atoms with E-state index in [4.69, 9.17) is 10.5 Å². The van der Waals surface area contributed by atoms with Gasteiger partial charge in [-0.15, -0.1) is 0 Å². The molecule has 0 radical (unpaired) electrons. The van der Waals surface area contributed by atoms with Crippen LogP contribution in [0, 0.1) is 41.4 Å². The highest BCUT2D eigenvalue weighted by atomic mass is 16.5. The Morgan fingerprint density at radius 2 is 1.88 bits per heavy atom. The van der Waals surface area contributed by atoms with Crippen molar-refractivity contribution in [3.05, 3.63) is 47.2 Å². The molecule has 9 nitrogen and oxygen atoms in total. The van der Waals surface area contributed by atoms with Crippen molar-refractivity contribution in [1.29, 1.82) is 0 Å². The van der Waals surface area contributed by atoms with Gasteiger partial charge in [-0.05, 0) is 135 Å². The fourth-order valence-electron chi connectivity index (χ4n) is 9.20. The normalized spacial score (nSPS) is 29.5. The molecular weight excluding hydrogens is 618 g/mol. The number of ketones is 2. The first-order valence-electron chi connectivity index (χ1n) is 18.4. The predicted octanol–water partition coefficient (Wildman–Crippen LogP) is 4.89. The zero-order valence-corrected chi connectivity index (χ0v) is 28.8. The van der Waals surface area contributed by atoms with Crippen molar-refractivity contribution in [2.24, 2.45) is 29.6 Å². The number of phenols is 1. The minimum Gasteiger partial charge on any atom is -0.504 e. The number of rotatable bonds is 11. The lowest BCUT2D eigenvalue weighted by Gasteiger charge is -2.49. The van der Waals surface area contributed by atoms with E-state index in [-0.39, 0.29) is 23.9 Å². The molecule has 0 spiro atoms. The molecule has 1 aromatic carbocycles. The second-order valence-electron chi connectivity index (χ2n) is 15.1. The van der Waals surface area contributed by atoms with Gasteiger partial charge in [0.05, 0.1) is 19.3 Å². The van der Waals surface area contributed by atoms with Gasteiger partial charge in [0.15, 0.2) is 17.3 Å². The Hall–Kier alpha value is -3.45. The van der Waals surface area contributed by atoms with E-state index in [1.165, 1.54) is 13.5 Å². The van der Waals surface area contributed by atoms with Crippen molar-refractivity contribution in [3.8, 4) is 23.3 Å². The standard InChI is InChI=1S/C40H53N3O6/c1-49-39-20-27-7-15-37(47)33(36(46)14-4-24-3-11-31-28(18-24)23-43-35-21-30(45)10-13-32(31)35)12-6-26(34(27)22-38(39)48)5-9-29(44)8-2-25-16-17-42-40(41)19-25/h16-17,19-20,22,24,26,28-29,31-33,35-36,43-44,46,48H,2-5,7-11,13-15,18,21,23H2,1H3,(H2,41,42)/t24-,26-,28+,29-,31+,32-,33-,35-,36-/m1/s1. The smallest absolute Gasteiger partial charge is 0.160 e. The quantitative estimate of drug-likeness (QED) is 0.210. The van der Waals surface area contributed by atoms with Gasteiger partial charge in [-0.2, -0.15) is 0 Å². The summed E-state index contributed by atoms with van der Waals surface area (Å²) in [6, 6.07) is 7.54. The van der Waals surface area contributed by atoms with E-state index in [2.05, 4.69) is 22.1 Å². The van der Waals surface area contributed by atoms with E-state index in [1.807, 2.05) is 12.1 Å². The number of anilines is 1. The first-order valence-corrected chi connectivity index (χ1v) is 18.4. The van der Waals surface area contributed by atoms with Crippen LogP contribution in [0.25, 0.3) is 0 Å². The number of Topliss-reactive ketones (excluding diaryl/α,β-unsaturated/α-hetero) is 2.